The topological polar surface area (TPSA) is 57.3 Å². The summed E-state index contributed by atoms with van der Waals surface area (Å²) >= 11 is 0. The number of hydrogen-bond acceptors (Lipinski definition) is 5. The molecule has 120 valence electrons. The Morgan fingerprint density at radius 3 is 2.52 bits per heavy atom. The number of benzene rings is 2. The van der Waals surface area contributed by atoms with Crippen molar-refractivity contribution in [3.8, 4) is 11.5 Å². The zero-order valence-electron chi connectivity index (χ0n) is 13.0. The molecule has 5 heteroatoms. The molecule has 0 bridgehead atoms. The van der Waals surface area contributed by atoms with Gasteiger partial charge in [-0.3, -0.25) is 4.79 Å². The lowest BCUT2D eigenvalue weighted by Crippen LogP contribution is -2.11. The minimum absolute atomic E-state index is 0.0856. The van der Waals surface area contributed by atoms with Gasteiger partial charge in [0.05, 0.1) is 12.7 Å². The Bertz CT molecular complexity index is 680. The minimum atomic E-state index is -0.476. The predicted molar refractivity (Wildman–Crippen MR) is 83.9 cm³/mol. The lowest BCUT2D eigenvalue weighted by Gasteiger charge is -2.08. The van der Waals surface area contributed by atoms with Crippen molar-refractivity contribution in [3.63, 3.8) is 0 Å². The Hall–Kier alpha value is -2.37. The zero-order chi connectivity index (χ0) is 16.2. The molecule has 2 aromatic carbocycles. The largest absolute Gasteiger partial charge is 0.497 e. The SMILES string of the molecule is COCOc1ccccc1C(=O)[C@@H]1O[C@H]1c1ccc(OC)cc1. The summed E-state index contributed by atoms with van der Waals surface area (Å²) in [5, 5.41) is 0. The number of ether oxygens (including phenoxy) is 4. The van der Waals surface area contributed by atoms with Gasteiger partial charge in [-0.1, -0.05) is 24.3 Å². The lowest BCUT2D eigenvalue weighted by molar-refractivity contribution is 0.0501. The Morgan fingerprint density at radius 1 is 1.09 bits per heavy atom. The molecule has 1 aliphatic heterocycles. The molecule has 23 heavy (non-hydrogen) atoms. The molecule has 0 N–H and O–H groups in total. The van der Waals surface area contributed by atoms with Crippen LogP contribution in [0.4, 0.5) is 0 Å². The molecular weight excluding hydrogens is 296 g/mol. The summed E-state index contributed by atoms with van der Waals surface area (Å²) < 4.78 is 21.0. The van der Waals surface area contributed by atoms with Crippen LogP contribution in [-0.2, 0) is 9.47 Å². The van der Waals surface area contributed by atoms with E-state index in [4.69, 9.17) is 18.9 Å². The van der Waals surface area contributed by atoms with Crippen LogP contribution in [0.3, 0.4) is 0 Å². The summed E-state index contributed by atoms with van der Waals surface area (Å²) in [5.41, 5.74) is 1.46. The number of hydrogen-bond donors (Lipinski definition) is 0. The third-order valence-corrected chi connectivity index (χ3v) is 3.68. The van der Waals surface area contributed by atoms with E-state index in [1.54, 1.807) is 25.3 Å². The van der Waals surface area contributed by atoms with Gasteiger partial charge in [0.2, 0.25) is 0 Å². The van der Waals surface area contributed by atoms with Gasteiger partial charge in [-0.05, 0) is 29.8 Å². The van der Waals surface area contributed by atoms with Crippen molar-refractivity contribution in [2.75, 3.05) is 21.0 Å². The highest BCUT2D eigenvalue weighted by Crippen LogP contribution is 2.42. The van der Waals surface area contributed by atoms with E-state index >= 15 is 0 Å². The van der Waals surface area contributed by atoms with Crippen molar-refractivity contribution in [2.45, 2.75) is 12.2 Å². The van der Waals surface area contributed by atoms with Crippen molar-refractivity contribution in [2.24, 2.45) is 0 Å². The maximum Gasteiger partial charge on any atom is 0.198 e. The fraction of sp³-hybridized carbons (Fsp3) is 0.278. The van der Waals surface area contributed by atoms with Crippen LogP contribution < -0.4 is 9.47 Å². The van der Waals surface area contributed by atoms with Crippen molar-refractivity contribution >= 4 is 5.78 Å². The van der Waals surface area contributed by atoms with Gasteiger partial charge in [0.1, 0.15) is 17.6 Å². The van der Waals surface area contributed by atoms with E-state index in [2.05, 4.69) is 0 Å². The van der Waals surface area contributed by atoms with Crippen LogP contribution >= 0.6 is 0 Å². The molecule has 0 unspecified atom stereocenters. The van der Waals surface area contributed by atoms with E-state index in [0.29, 0.717) is 11.3 Å². The quantitative estimate of drug-likeness (QED) is 0.447. The molecular formula is C18H18O5. The Balaban J connectivity index is 1.72. The van der Waals surface area contributed by atoms with Crippen LogP contribution in [0.15, 0.2) is 48.5 Å². The number of methoxy groups -OCH3 is 2. The molecule has 3 rings (SSSR count). The van der Waals surface area contributed by atoms with Gasteiger partial charge >= 0.3 is 0 Å². The first-order valence-electron chi connectivity index (χ1n) is 7.29. The molecule has 2 atom stereocenters. The molecule has 0 spiro atoms. The molecule has 1 saturated heterocycles. The van der Waals surface area contributed by atoms with Gasteiger partial charge in [-0.15, -0.1) is 0 Å². The van der Waals surface area contributed by atoms with Gasteiger partial charge in [0.25, 0.3) is 0 Å². The van der Waals surface area contributed by atoms with E-state index in [1.807, 2.05) is 30.3 Å². The van der Waals surface area contributed by atoms with Crippen LogP contribution in [0.2, 0.25) is 0 Å². The predicted octanol–water partition coefficient (Wildman–Crippen LogP) is 3.00. The number of ketones is 1. The van der Waals surface area contributed by atoms with Gasteiger partial charge < -0.3 is 18.9 Å². The number of carbonyl (C=O) groups is 1. The number of para-hydroxylation sites is 1. The fourth-order valence-electron chi connectivity index (χ4n) is 2.43. The van der Waals surface area contributed by atoms with Crippen molar-refractivity contribution in [3.05, 3.63) is 59.7 Å². The van der Waals surface area contributed by atoms with Crippen molar-refractivity contribution in [1.29, 1.82) is 0 Å². The summed E-state index contributed by atoms with van der Waals surface area (Å²) in [6, 6.07) is 14.6. The average Bonchev–Trinajstić information content (AvgIpc) is 3.40. The van der Waals surface area contributed by atoms with Crippen molar-refractivity contribution in [1.82, 2.24) is 0 Å². The average molecular weight is 314 g/mol. The second-order valence-corrected chi connectivity index (χ2v) is 5.16. The van der Waals surface area contributed by atoms with E-state index in [9.17, 15) is 4.79 Å². The zero-order valence-corrected chi connectivity index (χ0v) is 13.0. The van der Waals surface area contributed by atoms with Crippen LogP contribution in [0, 0.1) is 0 Å². The highest BCUT2D eigenvalue weighted by Gasteiger charge is 2.46. The Labute approximate surface area is 134 Å². The van der Waals surface area contributed by atoms with Crippen LogP contribution in [-0.4, -0.2) is 32.9 Å². The molecule has 0 aliphatic carbocycles. The maximum atomic E-state index is 12.6. The molecule has 0 aromatic heterocycles. The van der Waals surface area contributed by atoms with E-state index in [1.165, 1.54) is 7.11 Å². The third kappa shape index (κ3) is 3.36. The summed E-state index contributed by atoms with van der Waals surface area (Å²) in [5.74, 6) is 1.19. The highest BCUT2D eigenvalue weighted by atomic mass is 16.7. The molecule has 5 nitrogen and oxygen atoms in total. The standard InChI is InChI=1S/C18H18O5/c1-20-11-22-15-6-4-3-5-14(15)16(19)18-17(23-18)12-7-9-13(21-2)10-8-12/h3-10,17-18H,11H2,1-2H3/t17-,18-/m0/s1. The smallest absolute Gasteiger partial charge is 0.198 e. The van der Waals surface area contributed by atoms with Gasteiger partial charge in [0, 0.05) is 7.11 Å². The Morgan fingerprint density at radius 2 is 1.83 bits per heavy atom. The molecule has 1 fully saturated rings. The number of Topliss-reactive ketones (excluding diaryl/α,β-unsaturated/α-hetero) is 1. The van der Waals surface area contributed by atoms with E-state index in [0.717, 1.165) is 11.3 Å². The molecule has 1 heterocycles. The van der Waals surface area contributed by atoms with Gasteiger partial charge in [0.15, 0.2) is 18.7 Å². The first-order chi connectivity index (χ1) is 11.2. The molecule has 0 saturated carbocycles. The molecule has 0 radical (unpaired) electrons. The second-order valence-electron chi connectivity index (χ2n) is 5.16. The van der Waals surface area contributed by atoms with E-state index < -0.39 is 6.10 Å². The van der Waals surface area contributed by atoms with Gasteiger partial charge in [-0.25, -0.2) is 0 Å². The Kier molecular flexibility index (Phi) is 4.60. The second kappa shape index (κ2) is 6.81. The van der Waals surface area contributed by atoms with Crippen LogP contribution in [0.1, 0.15) is 22.0 Å². The van der Waals surface area contributed by atoms with Crippen molar-refractivity contribution < 1.29 is 23.7 Å². The van der Waals surface area contributed by atoms with E-state index in [-0.39, 0.29) is 18.7 Å². The molecule has 1 aliphatic rings. The summed E-state index contributed by atoms with van der Waals surface area (Å²) in [4.78, 5) is 12.6. The minimum Gasteiger partial charge on any atom is -0.497 e. The monoisotopic (exact) mass is 314 g/mol. The summed E-state index contributed by atoms with van der Waals surface area (Å²) in [6.45, 7) is 0.0950. The molecule has 0 amide bonds. The van der Waals surface area contributed by atoms with Crippen LogP contribution in [0.25, 0.3) is 0 Å². The first kappa shape index (κ1) is 15.5. The normalized spacial score (nSPS) is 19.2. The van der Waals surface area contributed by atoms with Crippen LogP contribution in [0.5, 0.6) is 11.5 Å². The fourth-order valence-corrected chi connectivity index (χ4v) is 2.43. The highest BCUT2D eigenvalue weighted by molar-refractivity contribution is 6.03. The maximum absolute atomic E-state index is 12.6. The molecule has 2 aromatic rings. The summed E-state index contributed by atoms with van der Waals surface area (Å²) in [6.07, 6.45) is -0.695. The third-order valence-electron chi connectivity index (χ3n) is 3.68. The number of rotatable bonds is 7. The lowest BCUT2D eigenvalue weighted by atomic mass is 10.0. The number of epoxide rings is 1. The van der Waals surface area contributed by atoms with Gasteiger partial charge in [-0.2, -0.15) is 0 Å². The summed E-state index contributed by atoms with van der Waals surface area (Å²) in [7, 11) is 3.15. The first-order valence-corrected chi connectivity index (χ1v) is 7.29. The number of carbonyl (C=O) groups excluding carboxylic acids is 1.